The van der Waals surface area contributed by atoms with Crippen molar-refractivity contribution in [2.75, 3.05) is 13.7 Å². The first-order chi connectivity index (χ1) is 7.31. The Morgan fingerprint density at radius 2 is 2.27 bits per heavy atom. The van der Waals surface area contributed by atoms with E-state index in [2.05, 4.69) is 12.2 Å². The SMILES string of the molecule is CCOC(CC)C(Cc1ccco1)NC. The Morgan fingerprint density at radius 3 is 2.73 bits per heavy atom. The molecule has 1 aromatic rings. The Hall–Kier alpha value is -0.800. The molecule has 0 aliphatic carbocycles. The maximum Gasteiger partial charge on any atom is 0.105 e. The van der Waals surface area contributed by atoms with Crippen LogP contribution < -0.4 is 5.32 Å². The van der Waals surface area contributed by atoms with Gasteiger partial charge in [0.05, 0.1) is 12.4 Å². The van der Waals surface area contributed by atoms with Crippen molar-refractivity contribution in [1.82, 2.24) is 5.32 Å². The van der Waals surface area contributed by atoms with Crippen LogP contribution >= 0.6 is 0 Å². The van der Waals surface area contributed by atoms with Gasteiger partial charge in [-0.05, 0) is 32.5 Å². The molecule has 2 atom stereocenters. The van der Waals surface area contributed by atoms with E-state index in [-0.39, 0.29) is 6.10 Å². The molecule has 0 bridgehead atoms. The number of rotatable bonds is 7. The molecule has 1 heterocycles. The van der Waals surface area contributed by atoms with Gasteiger partial charge in [-0.25, -0.2) is 0 Å². The van der Waals surface area contributed by atoms with Crippen molar-refractivity contribution >= 4 is 0 Å². The summed E-state index contributed by atoms with van der Waals surface area (Å²) in [5.41, 5.74) is 0. The van der Waals surface area contributed by atoms with Gasteiger partial charge in [-0.3, -0.25) is 0 Å². The summed E-state index contributed by atoms with van der Waals surface area (Å²) in [6.07, 6.45) is 3.86. The molecule has 0 fully saturated rings. The Bertz CT molecular complexity index is 246. The average Bonchev–Trinajstić information content (AvgIpc) is 2.75. The quantitative estimate of drug-likeness (QED) is 0.751. The van der Waals surface area contributed by atoms with Gasteiger partial charge < -0.3 is 14.5 Å². The molecule has 0 aliphatic heterocycles. The molecule has 0 saturated heterocycles. The van der Waals surface area contributed by atoms with Crippen LogP contribution in [0.2, 0.25) is 0 Å². The van der Waals surface area contributed by atoms with E-state index in [9.17, 15) is 0 Å². The molecule has 3 nitrogen and oxygen atoms in total. The summed E-state index contributed by atoms with van der Waals surface area (Å²) in [7, 11) is 1.97. The van der Waals surface area contributed by atoms with E-state index in [0.717, 1.165) is 25.2 Å². The van der Waals surface area contributed by atoms with E-state index >= 15 is 0 Å². The van der Waals surface area contributed by atoms with Crippen molar-refractivity contribution in [3.8, 4) is 0 Å². The molecule has 0 aromatic carbocycles. The fraction of sp³-hybridized carbons (Fsp3) is 0.667. The molecular weight excluding hydrogens is 190 g/mol. The van der Waals surface area contributed by atoms with Crippen molar-refractivity contribution in [1.29, 1.82) is 0 Å². The number of hydrogen-bond acceptors (Lipinski definition) is 3. The minimum Gasteiger partial charge on any atom is -0.469 e. The molecule has 2 unspecified atom stereocenters. The number of furan rings is 1. The standard InChI is InChI=1S/C12H21NO2/c1-4-12(14-5-2)11(13-3)9-10-7-6-8-15-10/h6-8,11-13H,4-5,9H2,1-3H3. The normalized spacial score (nSPS) is 15.1. The molecule has 0 amide bonds. The van der Waals surface area contributed by atoms with E-state index in [1.54, 1.807) is 6.26 Å². The van der Waals surface area contributed by atoms with Gasteiger partial charge in [-0.1, -0.05) is 6.92 Å². The van der Waals surface area contributed by atoms with Crippen LogP contribution in [0.3, 0.4) is 0 Å². The average molecular weight is 211 g/mol. The van der Waals surface area contributed by atoms with E-state index in [0.29, 0.717) is 6.04 Å². The van der Waals surface area contributed by atoms with Crippen molar-refractivity contribution in [3.05, 3.63) is 24.2 Å². The van der Waals surface area contributed by atoms with E-state index in [4.69, 9.17) is 9.15 Å². The molecule has 0 spiro atoms. The van der Waals surface area contributed by atoms with Crippen LogP contribution in [0.5, 0.6) is 0 Å². The summed E-state index contributed by atoms with van der Waals surface area (Å²) < 4.78 is 11.0. The highest BCUT2D eigenvalue weighted by Crippen LogP contribution is 2.11. The van der Waals surface area contributed by atoms with Gasteiger partial charge in [-0.15, -0.1) is 0 Å². The Kier molecular flexibility index (Phi) is 5.43. The largest absolute Gasteiger partial charge is 0.469 e. The highest BCUT2D eigenvalue weighted by atomic mass is 16.5. The first kappa shape index (κ1) is 12.3. The zero-order valence-corrected chi connectivity index (χ0v) is 9.82. The fourth-order valence-electron chi connectivity index (χ4n) is 1.80. The molecule has 1 aromatic heterocycles. The second-order valence-corrected chi connectivity index (χ2v) is 3.58. The highest BCUT2D eigenvalue weighted by Gasteiger charge is 2.19. The molecule has 0 saturated carbocycles. The van der Waals surface area contributed by atoms with Crippen LogP contribution in [-0.4, -0.2) is 25.8 Å². The van der Waals surface area contributed by atoms with Crippen LogP contribution in [-0.2, 0) is 11.2 Å². The number of ether oxygens (including phenoxy) is 1. The van der Waals surface area contributed by atoms with Gasteiger partial charge in [-0.2, -0.15) is 0 Å². The zero-order chi connectivity index (χ0) is 11.1. The predicted octanol–water partition coefficient (Wildman–Crippen LogP) is 2.23. The van der Waals surface area contributed by atoms with Crippen molar-refractivity contribution < 1.29 is 9.15 Å². The third-order valence-corrected chi connectivity index (χ3v) is 2.60. The number of hydrogen-bond donors (Lipinski definition) is 1. The Labute approximate surface area is 91.8 Å². The van der Waals surface area contributed by atoms with Crippen LogP contribution in [0, 0.1) is 0 Å². The van der Waals surface area contributed by atoms with Gasteiger partial charge in [0.15, 0.2) is 0 Å². The van der Waals surface area contributed by atoms with Gasteiger partial charge in [0.25, 0.3) is 0 Å². The monoisotopic (exact) mass is 211 g/mol. The summed E-state index contributed by atoms with van der Waals surface area (Å²) >= 11 is 0. The molecule has 1 N–H and O–H groups in total. The lowest BCUT2D eigenvalue weighted by Gasteiger charge is -2.25. The van der Waals surface area contributed by atoms with Crippen LogP contribution in [0.1, 0.15) is 26.0 Å². The molecule has 0 radical (unpaired) electrons. The van der Waals surface area contributed by atoms with Gasteiger partial charge in [0, 0.05) is 19.1 Å². The van der Waals surface area contributed by atoms with E-state index < -0.39 is 0 Å². The summed E-state index contributed by atoms with van der Waals surface area (Å²) in [5.74, 6) is 1.01. The summed E-state index contributed by atoms with van der Waals surface area (Å²) in [5, 5.41) is 3.29. The third-order valence-electron chi connectivity index (χ3n) is 2.60. The van der Waals surface area contributed by atoms with Gasteiger partial charge >= 0.3 is 0 Å². The lowest BCUT2D eigenvalue weighted by atomic mass is 10.0. The smallest absolute Gasteiger partial charge is 0.105 e. The molecule has 1 rings (SSSR count). The summed E-state index contributed by atoms with van der Waals surface area (Å²) in [4.78, 5) is 0. The minimum absolute atomic E-state index is 0.255. The van der Waals surface area contributed by atoms with Crippen molar-refractivity contribution in [2.24, 2.45) is 0 Å². The van der Waals surface area contributed by atoms with Crippen LogP contribution in [0.4, 0.5) is 0 Å². The summed E-state index contributed by atoms with van der Waals surface area (Å²) in [6, 6.07) is 4.24. The molecule has 86 valence electrons. The van der Waals surface area contributed by atoms with Crippen molar-refractivity contribution in [3.63, 3.8) is 0 Å². The minimum atomic E-state index is 0.255. The zero-order valence-electron chi connectivity index (χ0n) is 9.82. The lowest BCUT2D eigenvalue weighted by Crippen LogP contribution is -2.40. The van der Waals surface area contributed by atoms with Gasteiger partial charge in [0.2, 0.25) is 0 Å². The Morgan fingerprint density at radius 1 is 1.47 bits per heavy atom. The van der Waals surface area contributed by atoms with Crippen molar-refractivity contribution in [2.45, 2.75) is 38.8 Å². The van der Waals surface area contributed by atoms with E-state index in [1.807, 2.05) is 26.1 Å². The molecule has 15 heavy (non-hydrogen) atoms. The first-order valence-corrected chi connectivity index (χ1v) is 5.63. The van der Waals surface area contributed by atoms with E-state index in [1.165, 1.54) is 0 Å². The molecular formula is C12H21NO2. The first-order valence-electron chi connectivity index (χ1n) is 5.63. The third kappa shape index (κ3) is 3.68. The highest BCUT2D eigenvalue weighted by molar-refractivity contribution is 5.01. The molecule has 3 heteroatoms. The molecule has 0 aliphatic rings. The topological polar surface area (TPSA) is 34.4 Å². The summed E-state index contributed by atoms with van der Waals surface area (Å²) in [6.45, 7) is 4.93. The second kappa shape index (κ2) is 6.64. The lowest BCUT2D eigenvalue weighted by molar-refractivity contribution is 0.0326. The fourth-order valence-corrected chi connectivity index (χ4v) is 1.80. The van der Waals surface area contributed by atoms with Crippen LogP contribution in [0.25, 0.3) is 0 Å². The Balaban J connectivity index is 2.53. The number of nitrogens with one attached hydrogen (secondary N) is 1. The van der Waals surface area contributed by atoms with Gasteiger partial charge in [0.1, 0.15) is 5.76 Å². The second-order valence-electron chi connectivity index (χ2n) is 3.58. The number of likely N-dealkylation sites (N-methyl/N-ethyl adjacent to an activating group) is 1. The predicted molar refractivity (Wildman–Crippen MR) is 61.0 cm³/mol. The maximum absolute atomic E-state index is 5.69. The van der Waals surface area contributed by atoms with Crippen LogP contribution in [0.15, 0.2) is 22.8 Å². The maximum atomic E-state index is 5.69.